The first kappa shape index (κ1) is 19.3. The number of piperazine rings is 1. The summed E-state index contributed by atoms with van der Waals surface area (Å²) in [7, 11) is 1.59. The molecule has 7 heteroatoms. The molecule has 1 aliphatic heterocycles. The highest BCUT2D eigenvalue weighted by Gasteiger charge is 2.23. The number of amides is 1. The molecule has 0 unspecified atom stereocenters. The van der Waals surface area contributed by atoms with Crippen LogP contribution in [0.15, 0.2) is 45.6 Å². The number of nitrogens with zero attached hydrogens (tertiary/aromatic N) is 2. The highest BCUT2D eigenvalue weighted by Crippen LogP contribution is 2.26. The van der Waals surface area contributed by atoms with E-state index in [0.29, 0.717) is 53.9 Å². The number of hydrogen-bond acceptors (Lipinski definition) is 6. The lowest BCUT2D eigenvalue weighted by atomic mass is 10.1. The maximum atomic E-state index is 12.9. The van der Waals surface area contributed by atoms with Gasteiger partial charge in [-0.2, -0.15) is 0 Å². The van der Waals surface area contributed by atoms with Crippen molar-refractivity contribution in [3.63, 3.8) is 0 Å². The van der Waals surface area contributed by atoms with Crippen molar-refractivity contribution >= 4 is 28.0 Å². The normalized spacial score (nSPS) is 15.0. The molecule has 7 nitrogen and oxygen atoms in total. The van der Waals surface area contributed by atoms with Crippen LogP contribution in [0.3, 0.4) is 0 Å². The maximum Gasteiger partial charge on any atom is 0.409 e. The van der Waals surface area contributed by atoms with Crippen molar-refractivity contribution in [1.29, 1.82) is 0 Å². The summed E-state index contributed by atoms with van der Waals surface area (Å²) in [6.07, 6.45) is -0.260. The summed E-state index contributed by atoms with van der Waals surface area (Å²) < 4.78 is 16.5. The van der Waals surface area contributed by atoms with Crippen LogP contribution in [0, 0.1) is 0 Å². The van der Waals surface area contributed by atoms with Gasteiger partial charge in [-0.25, -0.2) is 4.79 Å². The Morgan fingerprint density at radius 3 is 2.62 bits per heavy atom. The highest BCUT2D eigenvalue weighted by atomic mass is 16.6. The van der Waals surface area contributed by atoms with Gasteiger partial charge in [0.1, 0.15) is 16.9 Å². The molecule has 0 saturated carbocycles. The Hall–Kier alpha value is -3.06. The molecule has 1 saturated heterocycles. The minimum atomic E-state index is -0.260. The summed E-state index contributed by atoms with van der Waals surface area (Å²) >= 11 is 0. The Labute approximate surface area is 168 Å². The predicted octanol–water partition coefficient (Wildman–Crippen LogP) is 3.23. The molecule has 1 aliphatic rings. The van der Waals surface area contributed by atoms with Crippen LogP contribution in [-0.2, 0) is 11.3 Å². The smallest absolute Gasteiger partial charge is 0.409 e. The van der Waals surface area contributed by atoms with E-state index in [4.69, 9.17) is 13.9 Å². The number of benzene rings is 2. The molecule has 4 rings (SSSR count). The Morgan fingerprint density at radius 2 is 1.90 bits per heavy atom. The zero-order chi connectivity index (χ0) is 20.4. The molecule has 29 heavy (non-hydrogen) atoms. The largest absolute Gasteiger partial charge is 0.497 e. The molecule has 2 heterocycles. The third-order valence-electron chi connectivity index (χ3n) is 5.28. The van der Waals surface area contributed by atoms with Crippen molar-refractivity contribution in [2.24, 2.45) is 0 Å². The Morgan fingerprint density at radius 1 is 1.10 bits per heavy atom. The van der Waals surface area contributed by atoms with Crippen molar-refractivity contribution in [2.45, 2.75) is 13.5 Å². The molecule has 2 aromatic carbocycles. The van der Waals surface area contributed by atoms with E-state index in [1.54, 1.807) is 36.3 Å². The SMILES string of the molecule is CCOC(=O)N1CCN(Cc2cccc3c(=O)c4ccc(OC)cc4oc23)CC1. The number of para-hydroxylation sites is 1. The average molecular weight is 396 g/mol. The van der Waals surface area contributed by atoms with Gasteiger partial charge in [0.15, 0.2) is 0 Å². The fraction of sp³-hybridized carbons (Fsp3) is 0.364. The Balaban J connectivity index is 1.61. The van der Waals surface area contributed by atoms with Gasteiger partial charge in [0, 0.05) is 44.4 Å². The molecule has 1 amide bonds. The molecule has 1 aromatic heterocycles. The standard InChI is InChI=1S/C22H24N2O5/c1-3-28-22(26)24-11-9-23(10-12-24)14-15-5-4-6-18-20(25)17-8-7-16(27-2)13-19(17)29-21(15)18/h4-8,13H,3,9-12,14H2,1-2H3. The van der Waals surface area contributed by atoms with Crippen LogP contribution < -0.4 is 10.2 Å². The van der Waals surface area contributed by atoms with E-state index in [0.717, 1.165) is 18.7 Å². The monoisotopic (exact) mass is 396 g/mol. The summed E-state index contributed by atoms with van der Waals surface area (Å²) in [4.78, 5) is 28.8. The lowest BCUT2D eigenvalue weighted by Gasteiger charge is -2.34. The summed E-state index contributed by atoms with van der Waals surface area (Å²) in [5, 5.41) is 1.11. The van der Waals surface area contributed by atoms with E-state index in [2.05, 4.69) is 4.90 Å². The molecule has 0 spiro atoms. The molecule has 3 aromatic rings. The molecule has 0 aliphatic carbocycles. The van der Waals surface area contributed by atoms with Gasteiger partial charge in [0.25, 0.3) is 0 Å². The van der Waals surface area contributed by atoms with Gasteiger partial charge in [-0.15, -0.1) is 0 Å². The number of carbonyl (C=O) groups is 1. The topological polar surface area (TPSA) is 72.2 Å². The number of carbonyl (C=O) groups excluding carboxylic acids is 1. The maximum absolute atomic E-state index is 12.9. The lowest BCUT2D eigenvalue weighted by Crippen LogP contribution is -2.48. The molecule has 0 bridgehead atoms. The molecular formula is C22H24N2O5. The summed E-state index contributed by atoms with van der Waals surface area (Å²) in [6, 6.07) is 10.9. The summed E-state index contributed by atoms with van der Waals surface area (Å²) in [5.74, 6) is 0.646. The van der Waals surface area contributed by atoms with Crippen molar-refractivity contribution in [1.82, 2.24) is 9.80 Å². The average Bonchev–Trinajstić information content (AvgIpc) is 2.75. The number of rotatable bonds is 4. The number of ether oxygens (including phenoxy) is 2. The van der Waals surface area contributed by atoms with E-state index < -0.39 is 0 Å². The zero-order valence-electron chi connectivity index (χ0n) is 16.6. The van der Waals surface area contributed by atoms with Crippen LogP contribution >= 0.6 is 0 Å². The third-order valence-corrected chi connectivity index (χ3v) is 5.28. The van der Waals surface area contributed by atoms with Crippen molar-refractivity contribution in [3.05, 3.63) is 52.2 Å². The minimum Gasteiger partial charge on any atom is -0.497 e. The number of hydrogen-bond donors (Lipinski definition) is 0. The van der Waals surface area contributed by atoms with Crippen LogP contribution in [0.5, 0.6) is 5.75 Å². The summed E-state index contributed by atoms with van der Waals surface area (Å²) in [5.41, 5.74) is 2.03. The van der Waals surface area contributed by atoms with Gasteiger partial charge in [0.05, 0.1) is 24.5 Å². The third kappa shape index (κ3) is 3.78. The van der Waals surface area contributed by atoms with Gasteiger partial charge >= 0.3 is 6.09 Å². The van der Waals surface area contributed by atoms with Crippen LogP contribution in [0.2, 0.25) is 0 Å². The van der Waals surface area contributed by atoms with Crippen molar-refractivity contribution < 1.29 is 18.7 Å². The molecule has 0 atom stereocenters. The first-order valence-corrected chi connectivity index (χ1v) is 9.77. The van der Waals surface area contributed by atoms with Gasteiger partial charge in [-0.05, 0) is 25.1 Å². The molecule has 1 fully saturated rings. The van der Waals surface area contributed by atoms with E-state index in [9.17, 15) is 9.59 Å². The second-order valence-electron chi connectivity index (χ2n) is 7.05. The van der Waals surface area contributed by atoms with Crippen molar-refractivity contribution in [2.75, 3.05) is 39.9 Å². The van der Waals surface area contributed by atoms with E-state index in [1.807, 2.05) is 19.1 Å². The van der Waals surface area contributed by atoms with Gasteiger partial charge in [-0.1, -0.05) is 12.1 Å². The van der Waals surface area contributed by atoms with Gasteiger partial charge in [0.2, 0.25) is 5.43 Å². The van der Waals surface area contributed by atoms with Gasteiger partial charge in [-0.3, -0.25) is 9.69 Å². The Kier molecular flexibility index (Phi) is 5.40. The fourth-order valence-corrected chi connectivity index (χ4v) is 3.71. The molecule has 0 radical (unpaired) electrons. The van der Waals surface area contributed by atoms with Gasteiger partial charge < -0.3 is 18.8 Å². The molecule has 0 N–H and O–H groups in total. The Bertz CT molecular complexity index is 1100. The second-order valence-corrected chi connectivity index (χ2v) is 7.05. The fourth-order valence-electron chi connectivity index (χ4n) is 3.71. The quantitative estimate of drug-likeness (QED) is 0.631. The predicted molar refractivity (Wildman–Crippen MR) is 110 cm³/mol. The van der Waals surface area contributed by atoms with E-state index >= 15 is 0 Å². The first-order chi connectivity index (χ1) is 14.1. The van der Waals surface area contributed by atoms with Crippen LogP contribution in [-0.4, -0.2) is 55.8 Å². The molecular weight excluding hydrogens is 372 g/mol. The van der Waals surface area contributed by atoms with Crippen LogP contribution in [0.1, 0.15) is 12.5 Å². The van der Waals surface area contributed by atoms with Crippen molar-refractivity contribution in [3.8, 4) is 5.75 Å². The zero-order valence-corrected chi connectivity index (χ0v) is 16.6. The van der Waals surface area contributed by atoms with E-state index in [1.165, 1.54) is 0 Å². The summed E-state index contributed by atoms with van der Waals surface area (Å²) in [6.45, 7) is 5.55. The highest BCUT2D eigenvalue weighted by molar-refractivity contribution is 5.91. The molecule has 152 valence electrons. The minimum absolute atomic E-state index is 0.0436. The number of methoxy groups -OCH3 is 1. The second kappa shape index (κ2) is 8.13. The number of fused-ring (bicyclic) bond motifs is 2. The first-order valence-electron chi connectivity index (χ1n) is 9.77. The lowest BCUT2D eigenvalue weighted by molar-refractivity contribution is 0.0778. The van der Waals surface area contributed by atoms with Crippen LogP contribution in [0.4, 0.5) is 4.79 Å². The van der Waals surface area contributed by atoms with Crippen LogP contribution in [0.25, 0.3) is 21.9 Å². The van der Waals surface area contributed by atoms with E-state index in [-0.39, 0.29) is 11.5 Å².